The minimum Gasteiger partial charge on any atom is -0.319 e. The summed E-state index contributed by atoms with van der Waals surface area (Å²) in [4.78, 5) is 24.6. The van der Waals surface area contributed by atoms with Crippen LogP contribution >= 0.6 is 0 Å². The first-order valence-electron chi connectivity index (χ1n) is 9.56. The number of Topliss-reactive ketones (excluding diaryl/α,β-unsaturated/α-hetero) is 1. The molecule has 0 radical (unpaired) electrons. The lowest BCUT2D eigenvalue weighted by Gasteiger charge is -2.19. The van der Waals surface area contributed by atoms with E-state index in [1.54, 1.807) is 0 Å². The Kier molecular flexibility index (Phi) is 5.63. The minimum atomic E-state index is -0.589. The fourth-order valence-corrected chi connectivity index (χ4v) is 3.11. The van der Waals surface area contributed by atoms with Gasteiger partial charge in [0, 0.05) is 18.5 Å². The van der Waals surface area contributed by atoms with Gasteiger partial charge in [-0.2, -0.15) is 5.10 Å². The van der Waals surface area contributed by atoms with Crippen LogP contribution in [0.4, 0.5) is 5.69 Å². The normalized spacial score (nSPS) is 16.3. The molecule has 0 bridgehead atoms. The molecule has 1 aliphatic heterocycles. The van der Waals surface area contributed by atoms with Crippen LogP contribution in [-0.4, -0.2) is 23.4 Å². The monoisotopic (exact) mass is 377 g/mol. The van der Waals surface area contributed by atoms with Crippen molar-refractivity contribution >= 4 is 23.1 Å². The zero-order valence-corrected chi connectivity index (χ0v) is 16.9. The molecule has 0 saturated carbocycles. The van der Waals surface area contributed by atoms with Gasteiger partial charge in [-0.15, -0.1) is 0 Å². The average Bonchev–Trinajstić information content (AvgIpc) is 3.10. The summed E-state index contributed by atoms with van der Waals surface area (Å²) in [5.74, 6) is -1.04. The number of carbonyl (C=O) groups excluding carboxylic acids is 2. The smallest absolute Gasteiger partial charge is 0.291 e. The summed E-state index contributed by atoms with van der Waals surface area (Å²) in [6.45, 7) is 8.43. The number of nitrogens with zero attached hydrogens (tertiary/aromatic N) is 1. The van der Waals surface area contributed by atoms with E-state index in [9.17, 15) is 9.59 Å². The van der Waals surface area contributed by atoms with Crippen molar-refractivity contribution in [3.63, 3.8) is 0 Å². The Balaban J connectivity index is 1.52. The standard InChI is InChI=1S/C23H27N3O2/c1-15-5-7-16(8-6-15)20-13-19(25-26-20)14-21(27)22(28)24-18-11-9-17(10-12-18)23(2,3)4/h5-12,19,25H,13-14H2,1-4H3,(H,24,28). The van der Waals surface area contributed by atoms with E-state index in [1.165, 1.54) is 11.1 Å². The zero-order valence-electron chi connectivity index (χ0n) is 16.9. The predicted molar refractivity (Wildman–Crippen MR) is 113 cm³/mol. The van der Waals surface area contributed by atoms with Crippen LogP contribution in [0.25, 0.3) is 0 Å². The van der Waals surface area contributed by atoms with Gasteiger partial charge in [0.25, 0.3) is 5.91 Å². The average molecular weight is 377 g/mol. The summed E-state index contributed by atoms with van der Waals surface area (Å²) in [5.41, 5.74) is 7.97. The molecule has 0 fully saturated rings. The molecule has 1 unspecified atom stereocenters. The molecule has 0 aliphatic carbocycles. The van der Waals surface area contributed by atoms with E-state index in [1.807, 2.05) is 55.5 Å². The molecule has 2 aromatic rings. The van der Waals surface area contributed by atoms with Crippen molar-refractivity contribution in [1.29, 1.82) is 0 Å². The molecule has 0 spiro atoms. The lowest BCUT2D eigenvalue weighted by atomic mass is 9.87. The first-order valence-corrected chi connectivity index (χ1v) is 9.56. The molecule has 2 N–H and O–H groups in total. The van der Waals surface area contributed by atoms with Gasteiger partial charge in [0.05, 0.1) is 11.8 Å². The van der Waals surface area contributed by atoms with E-state index < -0.39 is 11.7 Å². The highest BCUT2D eigenvalue weighted by molar-refractivity contribution is 6.40. The SMILES string of the molecule is Cc1ccc(C2=NNC(CC(=O)C(=O)Nc3ccc(C(C)(C)C)cc3)C2)cc1. The molecule has 0 aromatic heterocycles. The quantitative estimate of drug-likeness (QED) is 0.775. The number of benzene rings is 2. The van der Waals surface area contributed by atoms with E-state index in [2.05, 4.69) is 36.6 Å². The van der Waals surface area contributed by atoms with Gasteiger partial charge >= 0.3 is 0 Å². The van der Waals surface area contributed by atoms with Crippen molar-refractivity contribution in [3.8, 4) is 0 Å². The number of amides is 1. The van der Waals surface area contributed by atoms with Gasteiger partial charge in [-0.1, -0.05) is 62.7 Å². The fourth-order valence-electron chi connectivity index (χ4n) is 3.11. The first-order chi connectivity index (χ1) is 13.2. The Hall–Kier alpha value is -2.95. The maximum absolute atomic E-state index is 12.3. The third-order valence-electron chi connectivity index (χ3n) is 4.90. The molecule has 1 aliphatic rings. The molecule has 1 amide bonds. The number of hydrogen-bond acceptors (Lipinski definition) is 4. The van der Waals surface area contributed by atoms with Crippen LogP contribution in [0.2, 0.25) is 0 Å². The van der Waals surface area contributed by atoms with E-state index >= 15 is 0 Å². The molecule has 3 rings (SSSR count). The summed E-state index contributed by atoms with van der Waals surface area (Å²) in [6.07, 6.45) is 0.743. The number of aryl methyl sites for hydroxylation is 1. The van der Waals surface area contributed by atoms with E-state index in [0.717, 1.165) is 11.3 Å². The Labute approximate surface area is 166 Å². The fraction of sp³-hybridized carbons (Fsp3) is 0.348. The highest BCUT2D eigenvalue weighted by atomic mass is 16.2. The second kappa shape index (κ2) is 7.97. The highest BCUT2D eigenvalue weighted by Gasteiger charge is 2.25. The molecule has 1 heterocycles. The molecule has 2 aromatic carbocycles. The predicted octanol–water partition coefficient (Wildman–Crippen LogP) is 3.96. The Morgan fingerprint density at radius 3 is 2.32 bits per heavy atom. The molecular formula is C23H27N3O2. The summed E-state index contributed by atoms with van der Waals surface area (Å²) < 4.78 is 0. The second-order valence-electron chi connectivity index (χ2n) is 8.36. The summed E-state index contributed by atoms with van der Waals surface area (Å²) in [5, 5.41) is 7.02. The van der Waals surface area contributed by atoms with Crippen LogP contribution < -0.4 is 10.7 Å². The van der Waals surface area contributed by atoms with Crippen molar-refractivity contribution in [2.75, 3.05) is 5.32 Å². The van der Waals surface area contributed by atoms with Gasteiger partial charge in [0.1, 0.15) is 0 Å². The number of rotatable bonds is 5. The second-order valence-corrected chi connectivity index (χ2v) is 8.36. The Morgan fingerprint density at radius 1 is 1.07 bits per heavy atom. The largest absolute Gasteiger partial charge is 0.319 e. The minimum absolute atomic E-state index is 0.0433. The van der Waals surface area contributed by atoms with Crippen LogP contribution in [0, 0.1) is 6.92 Å². The van der Waals surface area contributed by atoms with Crippen LogP contribution in [0.15, 0.2) is 53.6 Å². The van der Waals surface area contributed by atoms with Gasteiger partial charge < -0.3 is 10.7 Å². The maximum Gasteiger partial charge on any atom is 0.291 e. The number of ketones is 1. The van der Waals surface area contributed by atoms with Gasteiger partial charge in [-0.05, 0) is 35.6 Å². The maximum atomic E-state index is 12.3. The zero-order chi connectivity index (χ0) is 20.3. The topological polar surface area (TPSA) is 70.6 Å². The van der Waals surface area contributed by atoms with Crippen LogP contribution in [0.1, 0.15) is 50.3 Å². The Bertz CT molecular complexity index is 891. The molecule has 146 valence electrons. The lowest BCUT2D eigenvalue weighted by molar-refractivity contribution is -0.135. The highest BCUT2D eigenvalue weighted by Crippen LogP contribution is 2.23. The molecule has 5 nitrogen and oxygen atoms in total. The number of anilines is 1. The van der Waals surface area contributed by atoms with Gasteiger partial charge in [-0.3, -0.25) is 9.59 Å². The number of carbonyl (C=O) groups is 2. The molecular weight excluding hydrogens is 350 g/mol. The van der Waals surface area contributed by atoms with Crippen molar-refractivity contribution in [2.45, 2.75) is 52.0 Å². The summed E-state index contributed by atoms with van der Waals surface area (Å²) >= 11 is 0. The van der Waals surface area contributed by atoms with Crippen molar-refractivity contribution in [2.24, 2.45) is 5.10 Å². The van der Waals surface area contributed by atoms with Crippen molar-refractivity contribution < 1.29 is 9.59 Å². The number of hydrazone groups is 1. The third-order valence-corrected chi connectivity index (χ3v) is 4.90. The van der Waals surface area contributed by atoms with E-state index in [-0.39, 0.29) is 17.9 Å². The van der Waals surface area contributed by atoms with Gasteiger partial charge in [0.15, 0.2) is 0 Å². The Morgan fingerprint density at radius 2 is 1.71 bits per heavy atom. The van der Waals surface area contributed by atoms with E-state index in [0.29, 0.717) is 12.1 Å². The molecule has 5 heteroatoms. The van der Waals surface area contributed by atoms with Crippen molar-refractivity contribution in [3.05, 3.63) is 65.2 Å². The van der Waals surface area contributed by atoms with Crippen molar-refractivity contribution in [1.82, 2.24) is 5.43 Å². The molecule has 1 atom stereocenters. The first kappa shape index (κ1) is 19.8. The summed E-state index contributed by atoms with van der Waals surface area (Å²) in [7, 11) is 0. The summed E-state index contributed by atoms with van der Waals surface area (Å²) in [6, 6.07) is 15.6. The van der Waals surface area contributed by atoms with E-state index in [4.69, 9.17) is 0 Å². The van der Waals surface area contributed by atoms with Gasteiger partial charge in [-0.25, -0.2) is 0 Å². The third kappa shape index (κ3) is 4.85. The van der Waals surface area contributed by atoms with Crippen LogP contribution in [0.3, 0.4) is 0 Å². The number of nitrogens with one attached hydrogen (secondary N) is 2. The van der Waals surface area contributed by atoms with Crippen LogP contribution in [-0.2, 0) is 15.0 Å². The van der Waals surface area contributed by atoms with Crippen LogP contribution in [0.5, 0.6) is 0 Å². The number of hydrogen-bond donors (Lipinski definition) is 2. The van der Waals surface area contributed by atoms with Gasteiger partial charge in [0.2, 0.25) is 5.78 Å². The molecule has 0 saturated heterocycles. The molecule has 28 heavy (non-hydrogen) atoms. The lowest BCUT2D eigenvalue weighted by Crippen LogP contribution is -2.30.